The molecule has 34 heavy (non-hydrogen) atoms. The summed E-state index contributed by atoms with van der Waals surface area (Å²) in [4.78, 5) is 19.0. The van der Waals surface area contributed by atoms with Gasteiger partial charge in [0.1, 0.15) is 17.1 Å². The number of rotatable bonds is 4. The van der Waals surface area contributed by atoms with Gasteiger partial charge in [-0.2, -0.15) is 4.68 Å². The van der Waals surface area contributed by atoms with E-state index in [1.807, 2.05) is 20.8 Å². The van der Waals surface area contributed by atoms with Gasteiger partial charge in [0.25, 0.3) is 0 Å². The van der Waals surface area contributed by atoms with Crippen molar-refractivity contribution < 1.29 is 18.3 Å². The molecule has 0 atom stereocenters. The molecule has 182 valence electrons. The van der Waals surface area contributed by atoms with E-state index in [2.05, 4.69) is 52.4 Å². The highest BCUT2D eigenvalue weighted by Gasteiger charge is 2.36. The molecule has 0 N–H and O–H groups in total. The van der Waals surface area contributed by atoms with Crippen LogP contribution in [0.2, 0.25) is 0 Å². The van der Waals surface area contributed by atoms with Gasteiger partial charge >= 0.3 is 6.09 Å². The second-order valence-electron chi connectivity index (χ2n) is 9.43. The Morgan fingerprint density at radius 1 is 1.15 bits per heavy atom. The Bertz CT molecular complexity index is 1220. The topological polar surface area (TPSA) is 86.0 Å². The van der Waals surface area contributed by atoms with Crippen LogP contribution in [0, 0.1) is 11.6 Å². The molecule has 0 unspecified atom stereocenters. The first-order valence-electron chi connectivity index (χ1n) is 10.3. The minimum absolute atomic E-state index is 0.0616. The highest BCUT2D eigenvalue weighted by molar-refractivity contribution is 9.10. The molecule has 0 aliphatic heterocycles. The van der Waals surface area contributed by atoms with Crippen LogP contribution in [0.4, 0.5) is 19.4 Å². The van der Waals surface area contributed by atoms with Crippen LogP contribution >= 0.6 is 31.9 Å². The number of anilines is 1. The molecule has 0 bridgehead atoms. The van der Waals surface area contributed by atoms with Crippen molar-refractivity contribution in [2.75, 3.05) is 4.90 Å². The lowest BCUT2D eigenvalue weighted by Gasteiger charge is -2.36. The first-order chi connectivity index (χ1) is 15.7. The van der Waals surface area contributed by atoms with Gasteiger partial charge in [0.05, 0.1) is 5.56 Å². The minimum atomic E-state index is -1.10. The third-order valence-corrected chi connectivity index (χ3v) is 5.55. The Morgan fingerprint density at radius 2 is 1.82 bits per heavy atom. The highest BCUT2D eigenvalue weighted by Crippen LogP contribution is 2.36. The molecule has 8 nitrogen and oxygen atoms in total. The van der Waals surface area contributed by atoms with E-state index in [0.29, 0.717) is 10.0 Å². The van der Waals surface area contributed by atoms with Crippen molar-refractivity contribution in [1.29, 1.82) is 0 Å². The van der Waals surface area contributed by atoms with Crippen LogP contribution in [0.25, 0.3) is 17.1 Å². The van der Waals surface area contributed by atoms with E-state index in [1.165, 1.54) is 23.2 Å². The van der Waals surface area contributed by atoms with Gasteiger partial charge in [-0.1, -0.05) is 22.0 Å². The molecule has 3 aromatic rings. The smallest absolute Gasteiger partial charge is 0.416 e. The number of tetrazole rings is 1. The maximum Gasteiger partial charge on any atom is 0.416 e. The number of aromatic nitrogens is 5. The quantitative estimate of drug-likeness (QED) is 0.331. The number of ether oxygens (including phenoxy) is 1. The number of pyridine rings is 1. The van der Waals surface area contributed by atoms with Crippen LogP contribution in [-0.2, 0) is 10.1 Å². The first kappa shape index (κ1) is 26.1. The fraction of sp³-hybridized carbons (Fsp3) is 0.409. The second-order valence-corrected chi connectivity index (χ2v) is 10.9. The van der Waals surface area contributed by atoms with Gasteiger partial charge in [0.2, 0.25) is 0 Å². The summed E-state index contributed by atoms with van der Waals surface area (Å²) in [7, 11) is 0. The Morgan fingerprint density at radius 3 is 2.41 bits per heavy atom. The van der Waals surface area contributed by atoms with E-state index in [9.17, 15) is 13.6 Å². The zero-order valence-electron chi connectivity index (χ0n) is 19.5. The van der Waals surface area contributed by atoms with Crippen LogP contribution in [0.15, 0.2) is 28.9 Å². The van der Waals surface area contributed by atoms with Crippen molar-refractivity contribution in [3.8, 4) is 17.1 Å². The lowest BCUT2D eigenvalue weighted by molar-refractivity contribution is 0.0549. The first-order valence-corrected chi connectivity index (χ1v) is 12.2. The van der Waals surface area contributed by atoms with E-state index in [1.54, 1.807) is 26.8 Å². The Hall–Kier alpha value is -2.47. The summed E-state index contributed by atoms with van der Waals surface area (Å²) in [6.45, 7) is 10.7. The largest absolute Gasteiger partial charge is 0.443 e. The van der Waals surface area contributed by atoms with Crippen LogP contribution < -0.4 is 4.90 Å². The molecule has 0 fully saturated rings. The zero-order chi connectivity index (χ0) is 25.4. The standard InChI is InChI=1S/C22H24Br2F2N6O2/c1-21(2,3)31(20(33)34-22(4,5)6)18-14(9-13(24)11-27-18)19-28-29-30-32(19)15-8-7-12(10-23)16(25)17(15)26/h7-9,11H,10H2,1-6H3. The number of nitrogens with zero attached hydrogens (tertiary/aromatic N) is 6. The zero-order valence-corrected chi connectivity index (χ0v) is 22.7. The van der Waals surface area contributed by atoms with Crippen LogP contribution in [0.5, 0.6) is 0 Å². The van der Waals surface area contributed by atoms with Gasteiger partial charge in [-0.25, -0.2) is 18.6 Å². The van der Waals surface area contributed by atoms with Crippen molar-refractivity contribution in [3.63, 3.8) is 0 Å². The van der Waals surface area contributed by atoms with Gasteiger partial charge in [-0.15, -0.1) is 5.10 Å². The molecule has 0 aliphatic carbocycles. The summed E-state index contributed by atoms with van der Waals surface area (Å²) in [5.41, 5.74) is -1.23. The summed E-state index contributed by atoms with van der Waals surface area (Å²) >= 11 is 6.52. The van der Waals surface area contributed by atoms with Crippen LogP contribution in [0.1, 0.15) is 47.1 Å². The molecule has 0 saturated heterocycles. The number of carbonyl (C=O) groups is 1. The van der Waals surface area contributed by atoms with Crippen molar-refractivity contribution >= 4 is 43.8 Å². The number of halogens is 4. The Balaban J connectivity index is 2.23. The number of amides is 1. The molecule has 0 saturated carbocycles. The maximum absolute atomic E-state index is 14.9. The van der Waals surface area contributed by atoms with Gasteiger partial charge < -0.3 is 4.74 Å². The lowest BCUT2D eigenvalue weighted by Crippen LogP contribution is -2.49. The molecule has 2 aromatic heterocycles. The lowest BCUT2D eigenvalue weighted by atomic mass is 10.1. The molecule has 3 rings (SSSR count). The fourth-order valence-electron chi connectivity index (χ4n) is 3.12. The molecule has 0 spiro atoms. The molecular weight excluding hydrogens is 578 g/mol. The Kier molecular flexibility index (Phi) is 7.42. The van der Waals surface area contributed by atoms with E-state index < -0.39 is 28.9 Å². The van der Waals surface area contributed by atoms with Crippen molar-refractivity contribution in [3.05, 3.63) is 46.1 Å². The van der Waals surface area contributed by atoms with E-state index in [4.69, 9.17) is 4.74 Å². The fourth-order valence-corrected chi connectivity index (χ4v) is 3.89. The number of hydrogen-bond acceptors (Lipinski definition) is 6. The summed E-state index contributed by atoms with van der Waals surface area (Å²) in [5, 5.41) is 11.7. The number of hydrogen-bond donors (Lipinski definition) is 0. The van der Waals surface area contributed by atoms with Crippen LogP contribution in [-0.4, -0.2) is 42.4 Å². The average molecular weight is 602 g/mol. The molecule has 12 heteroatoms. The molecule has 0 radical (unpaired) electrons. The van der Waals surface area contributed by atoms with Gasteiger partial charge in [0, 0.05) is 27.1 Å². The van der Waals surface area contributed by atoms with Crippen molar-refractivity contribution in [2.45, 2.75) is 58.0 Å². The normalized spacial score (nSPS) is 12.1. The molecular formula is C22H24Br2F2N6O2. The van der Waals surface area contributed by atoms with Gasteiger partial charge in [-0.05, 0) is 80.0 Å². The third-order valence-electron chi connectivity index (χ3n) is 4.52. The maximum atomic E-state index is 14.9. The van der Waals surface area contributed by atoms with Gasteiger partial charge in [0.15, 0.2) is 17.5 Å². The van der Waals surface area contributed by atoms with E-state index >= 15 is 0 Å². The number of alkyl halides is 1. The van der Waals surface area contributed by atoms with E-state index in [-0.39, 0.29) is 28.2 Å². The SMILES string of the molecule is CC(C)(C)OC(=O)N(c1ncc(Br)cc1-c1nnnn1-c1ccc(CBr)c(F)c1F)C(C)(C)C. The highest BCUT2D eigenvalue weighted by atomic mass is 79.9. The molecule has 2 heterocycles. The number of carbonyl (C=O) groups excluding carboxylic acids is 1. The predicted octanol–water partition coefficient (Wildman–Crippen LogP) is 6.20. The van der Waals surface area contributed by atoms with Crippen LogP contribution in [0.3, 0.4) is 0 Å². The number of benzene rings is 1. The van der Waals surface area contributed by atoms with Crippen molar-refractivity contribution in [2.24, 2.45) is 0 Å². The van der Waals surface area contributed by atoms with Crippen molar-refractivity contribution in [1.82, 2.24) is 25.2 Å². The molecule has 1 amide bonds. The monoisotopic (exact) mass is 600 g/mol. The minimum Gasteiger partial charge on any atom is -0.443 e. The predicted molar refractivity (Wildman–Crippen MR) is 131 cm³/mol. The van der Waals surface area contributed by atoms with Gasteiger partial charge in [-0.3, -0.25) is 4.90 Å². The Labute approximate surface area is 212 Å². The molecule has 1 aromatic carbocycles. The molecule has 0 aliphatic rings. The summed E-state index contributed by atoms with van der Waals surface area (Å²) in [6.07, 6.45) is 0.884. The average Bonchev–Trinajstić information content (AvgIpc) is 3.18. The summed E-state index contributed by atoms with van der Waals surface area (Å²) < 4.78 is 36.7. The third kappa shape index (κ3) is 5.43. The summed E-state index contributed by atoms with van der Waals surface area (Å²) in [5.74, 6) is -1.85. The second kappa shape index (κ2) is 9.65. The summed E-state index contributed by atoms with van der Waals surface area (Å²) in [6, 6.07) is 4.47. The van der Waals surface area contributed by atoms with E-state index in [0.717, 1.165) is 4.68 Å².